The van der Waals surface area contributed by atoms with E-state index in [2.05, 4.69) is 82.4 Å². The third-order valence-corrected chi connectivity index (χ3v) is 4.41. The van der Waals surface area contributed by atoms with Crippen LogP contribution in [0.5, 0.6) is 0 Å². The summed E-state index contributed by atoms with van der Waals surface area (Å²) in [5, 5.41) is 3.79. The number of hydrogen-bond donors (Lipinski definition) is 1. The molecule has 0 heterocycles. The molecule has 0 radical (unpaired) electrons. The first-order valence-electron chi connectivity index (χ1n) is 7.91. The molecule has 0 saturated carbocycles. The third-order valence-electron chi connectivity index (χ3n) is 4.41. The fraction of sp³-hybridized carbons (Fsp3) is 0.400. The van der Waals surface area contributed by atoms with Crippen molar-refractivity contribution in [1.29, 1.82) is 0 Å². The van der Waals surface area contributed by atoms with Gasteiger partial charge >= 0.3 is 0 Å². The van der Waals surface area contributed by atoms with E-state index in [-0.39, 0.29) is 0 Å². The van der Waals surface area contributed by atoms with E-state index in [0.29, 0.717) is 12.1 Å². The Balaban J connectivity index is 2.20. The Hall–Kier alpha value is -1.60. The van der Waals surface area contributed by atoms with Crippen LogP contribution in [0.4, 0.5) is 0 Å². The Morgan fingerprint density at radius 1 is 0.905 bits per heavy atom. The predicted octanol–water partition coefficient (Wildman–Crippen LogP) is 5.41. The zero-order chi connectivity index (χ0) is 15.4. The zero-order valence-corrected chi connectivity index (χ0v) is 13.9. The van der Waals surface area contributed by atoms with Crippen LogP contribution in [0.15, 0.2) is 42.5 Å². The van der Waals surface area contributed by atoms with Gasteiger partial charge in [-0.15, -0.1) is 0 Å². The fourth-order valence-electron chi connectivity index (χ4n) is 2.98. The van der Waals surface area contributed by atoms with Crippen molar-refractivity contribution in [2.45, 2.75) is 53.1 Å². The molecule has 1 nitrogen and oxygen atoms in total. The summed E-state index contributed by atoms with van der Waals surface area (Å²) in [4.78, 5) is 0. The number of rotatable bonds is 5. The van der Waals surface area contributed by atoms with E-state index in [1.807, 2.05) is 0 Å². The van der Waals surface area contributed by atoms with Crippen LogP contribution in [0.1, 0.15) is 60.2 Å². The van der Waals surface area contributed by atoms with E-state index >= 15 is 0 Å². The summed E-state index contributed by atoms with van der Waals surface area (Å²) in [7, 11) is 0. The lowest BCUT2D eigenvalue weighted by Crippen LogP contribution is -2.25. The van der Waals surface area contributed by atoms with Crippen LogP contribution in [-0.4, -0.2) is 0 Å². The molecule has 21 heavy (non-hydrogen) atoms. The molecule has 0 amide bonds. The molecule has 2 atom stereocenters. The Kier molecular flexibility index (Phi) is 5.19. The molecular weight excluding hydrogens is 254 g/mol. The van der Waals surface area contributed by atoms with E-state index in [0.717, 1.165) is 6.42 Å². The zero-order valence-electron chi connectivity index (χ0n) is 13.9. The van der Waals surface area contributed by atoms with Gasteiger partial charge in [0.25, 0.3) is 0 Å². The molecule has 2 aromatic carbocycles. The number of aryl methyl sites for hydroxylation is 3. The summed E-state index contributed by atoms with van der Waals surface area (Å²) >= 11 is 0. The van der Waals surface area contributed by atoms with Crippen LogP contribution in [0.2, 0.25) is 0 Å². The molecule has 0 fully saturated rings. The van der Waals surface area contributed by atoms with Crippen LogP contribution in [0.25, 0.3) is 0 Å². The largest absolute Gasteiger partial charge is 0.303 e. The van der Waals surface area contributed by atoms with E-state index in [4.69, 9.17) is 0 Å². The Morgan fingerprint density at radius 3 is 2.14 bits per heavy atom. The molecule has 0 aliphatic heterocycles. The van der Waals surface area contributed by atoms with Gasteiger partial charge in [0.05, 0.1) is 0 Å². The summed E-state index contributed by atoms with van der Waals surface area (Å²) < 4.78 is 0. The van der Waals surface area contributed by atoms with Crippen LogP contribution in [0.3, 0.4) is 0 Å². The summed E-state index contributed by atoms with van der Waals surface area (Å²) in [5.74, 6) is 0. The van der Waals surface area contributed by atoms with E-state index in [1.165, 1.54) is 27.8 Å². The normalized spacial score (nSPS) is 14.0. The molecule has 2 unspecified atom stereocenters. The average Bonchev–Trinajstić information content (AvgIpc) is 2.49. The van der Waals surface area contributed by atoms with Gasteiger partial charge in [0.1, 0.15) is 0 Å². The first kappa shape index (κ1) is 15.8. The summed E-state index contributed by atoms with van der Waals surface area (Å²) in [5.41, 5.74) is 6.90. The molecular formula is C20H27N. The average molecular weight is 281 g/mol. The SMILES string of the molecule is CCC(NC(C)c1cc(C)c(C)cc1C)c1ccccc1. The minimum absolute atomic E-state index is 0.356. The quantitative estimate of drug-likeness (QED) is 0.772. The highest BCUT2D eigenvalue weighted by molar-refractivity contribution is 5.38. The molecule has 0 bridgehead atoms. The number of nitrogens with one attached hydrogen (secondary N) is 1. The third kappa shape index (κ3) is 3.74. The Bertz CT molecular complexity index is 586. The van der Waals surface area contributed by atoms with Crippen LogP contribution >= 0.6 is 0 Å². The maximum atomic E-state index is 3.79. The Labute approximate surface area is 129 Å². The van der Waals surface area contributed by atoms with Gasteiger partial charge in [-0.1, -0.05) is 49.4 Å². The first-order valence-corrected chi connectivity index (χ1v) is 7.91. The van der Waals surface area contributed by atoms with Gasteiger partial charge in [-0.3, -0.25) is 0 Å². The first-order chi connectivity index (χ1) is 10.0. The topological polar surface area (TPSA) is 12.0 Å². The summed E-state index contributed by atoms with van der Waals surface area (Å²) in [6.07, 6.45) is 1.10. The van der Waals surface area contributed by atoms with Crippen LogP contribution in [-0.2, 0) is 0 Å². The molecule has 112 valence electrons. The van der Waals surface area contributed by atoms with Gasteiger partial charge in [-0.05, 0) is 61.9 Å². The lowest BCUT2D eigenvalue weighted by Gasteiger charge is -2.25. The van der Waals surface area contributed by atoms with Crippen molar-refractivity contribution in [1.82, 2.24) is 5.32 Å². The van der Waals surface area contributed by atoms with Crippen molar-refractivity contribution in [2.75, 3.05) is 0 Å². The van der Waals surface area contributed by atoms with Crippen molar-refractivity contribution in [3.8, 4) is 0 Å². The second-order valence-corrected chi connectivity index (χ2v) is 6.05. The molecule has 0 aliphatic rings. The Morgan fingerprint density at radius 2 is 1.52 bits per heavy atom. The smallest absolute Gasteiger partial charge is 0.0323 e. The van der Waals surface area contributed by atoms with Crippen molar-refractivity contribution < 1.29 is 0 Å². The monoisotopic (exact) mass is 281 g/mol. The highest BCUT2D eigenvalue weighted by Crippen LogP contribution is 2.25. The molecule has 0 spiro atoms. The van der Waals surface area contributed by atoms with Gasteiger partial charge < -0.3 is 5.32 Å². The van der Waals surface area contributed by atoms with Crippen LogP contribution < -0.4 is 5.32 Å². The van der Waals surface area contributed by atoms with Gasteiger partial charge in [-0.2, -0.15) is 0 Å². The predicted molar refractivity (Wildman–Crippen MR) is 91.7 cm³/mol. The van der Waals surface area contributed by atoms with Gasteiger partial charge in [0.15, 0.2) is 0 Å². The number of hydrogen-bond acceptors (Lipinski definition) is 1. The van der Waals surface area contributed by atoms with E-state index in [9.17, 15) is 0 Å². The van der Waals surface area contributed by atoms with Crippen LogP contribution in [0, 0.1) is 20.8 Å². The van der Waals surface area contributed by atoms with E-state index in [1.54, 1.807) is 0 Å². The van der Waals surface area contributed by atoms with Crippen molar-refractivity contribution in [2.24, 2.45) is 0 Å². The molecule has 0 saturated heterocycles. The van der Waals surface area contributed by atoms with Crippen molar-refractivity contribution >= 4 is 0 Å². The van der Waals surface area contributed by atoms with Gasteiger partial charge in [0.2, 0.25) is 0 Å². The molecule has 1 heteroatoms. The van der Waals surface area contributed by atoms with Gasteiger partial charge in [0, 0.05) is 12.1 Å². The molecule has 2 rings (SSSR count). The number of benzene rings is 2. The maximum Gasteiger partial charge on any atom is 0.0323 e. The van der Waals surface area contributed by atoms with Crippen molar-refractivity contribution in [3.05, 3.63) is 70.3 Å². The maximum absolute atomic E-state index is 3.79. The standard InChI is InChI=1S/C20H27N/c1-6-20(18-10-8-7-9-11-18)21-17(5)19-13-15(3)14(2)12-16(19)4/h7-13,17,20-21H,6H2,1-5H3. The summed E-state index contributed by atoms with van der Waals surface area (Å²) in [6, 6.07) is 16.1. The van der Waals surface area contributed by atoms with Gasteiger partial charge in [-0.25, -0.2) is 0 Å². The highest BCUT2D eigenvalue weighted by Gasteiger charge is 2.15. The second kappa shape index (κ2) is 6.91. The van der Waals surface area contributed by atoms with E-state index < -0.39 is 0 Å². The lowest BCUT2D eigenvalue weighted by atomic mass is 9.95. The van der Waals surface area contributed by atoms with Crippen molar-refractivity contribution in [3.63, 3.8) is 0 Å². The second-order valence-electron chi connectivity index (χ2n) is 6.05. The minimum atomic E-state index is 0.356. The fourth-order valence-corrected chi connectivity index (χ4v) is 2.98. The lowest BCUT2D eigenvalue weighted by molar-refractivity contribution is 0.455. The molecule has 2 aromatic rings. The minimum Gasteiger partial charge on any atom is -0.303 e. The molecule has 0 aliphatic carbocycles. The molecule has 1 N–H and O–H groups in total. The highest BCUT2D eigenvalue weighted by atomic mass is 14.9. The summed E-state index contributed by atoms with van der Waals surface area (Å²) in [6.45, 7) is 11.1. The molecule has 0 aromatic heterocycles.